The first-order valence-electron chi connectivity index (χ1n) is 7.17. The number of hydrogen-bond donors (Lipinski definition) is 1. The molecule has 4 nitrogen and oxygen atoms in total. The second kappa shape index (κ2) is 6.90. The van der Waals surface area contributed by atoms with Crippen molar-refractivity contribution >= 4 is 0 Å². The molecule has 0 amide bonds. The molecule has 1 aromatic heterocycles. The first-order valence-corrected chi connectivity index (χ1v) is 7.17. The van der Waals surface area contributed by atoms with Gasteiger partial charge in [-0.05, 0) is 33.0 Å². The van der Waals surface area contributed by atoms with Gasteiger partial charge in [-0.15, -0.1) is 0 Å². The van der Waals surface area contributed by atoms with Gasteiger partial charge in [0.2, 0.25) is 0 Å². The second-order valence-corrected chi connectivity index (χ2v) is 5.42. The lowest BCUT2D eigenvalue weighted by Crippen LogP contribution is -2.27. The molecule has 0 atom stereocenters. The fraction of sp³-hybridized carbons (Fsp3) is 0.786. The van der Waals surface area contributed by atoms with Crippen LogP contribution in [-0.2, 0) is 6.54 Å². The van der Waals surface area contributed by atoms with Crippen LogP contribution in [-0.4, -0.2) is 41.9 Å². The number of hydrogen-bond acceptors (Lipinski definition) is 3. The summed E-state index contributed by atoms with van der Waals surface area (Å²) in [4.78, 5) is 2.31. The van der Waals surface area contributed by atoms with Gasteiger partial charge in [-0.25, -0.2) is 0 Å². The van der Waals surface area contributed by atoms with Crippen LogP contribution in [0.2, 0.25) is 0 Å². The Morgan fingerprint density at radius 2 is 2.17 bits per heavy atom. The summed E-state index contributed by atoms with van der Waals surface area (Å²) >= 11 is 0. The first-order chi connectivity index (χ1) is 8.79. The Morgan fingerprint density at radius 1 is 1.39 bits per heavy atom. The highest BCUT2D eigenvalue weighted by atomic mass is 15.3. The summed E-state index contributed by atoms with van der Waals surface area (Å²) in [6.45, 7) is 3.04. The van der Waals surface area contributed by atoms with Crippen LogP contribution in [0.25, 0.3) is 0 Å². The predicted octanol–water partition coefficient (Wildman–Crippen LogP) is 2.04. The Labute approximate surface area is 110 Å². The van der Waals surface area contributed by atoms with E-state index < -0.39 is 0 Å². The maximum atomic E-state index is 4.74. The first kappa shape index (κ1) is 13.6. The zero-order chi connectivity index (χ0) is 12.8. The number of aromatic nitrogens is 2. The molecule has 4 heteroatoms. The third kappa shape index (κ3) is 3.82. The minimum absolute atomic E-state index is 0.648. The zero-order valence-electron chi connectivity index (χ0n) is 11.7. The summed E-state index contributed by atoms with van der Waals surface area (Å²) in [7, 11) is 4.14. The fourth-order valence-corrected chi connectivity index (χ4v) is 2.67. The summed E-state index contributed by atoms with van der Waals surface area (Å²) in [5.41, 5.74) is 1.19. The van der Waals surface area contributed by atoms with E-state index in [0.717, 1.165) is 19.6 Å². The highest BCUT2D eigenvalue weighted by Crippen LogP contribution is 2.27. The van der Waals surface area contributed by atoms with Gasteiger partial charge in [-0.1, -0.05) is 19.3 Å². The molecule has 0 saturated heterocycles. The van der Waals surface area contributed by atoms with Gasteiger partial charge in [-0.2, -0.15) is 5.10 Å². The van der Waals surface area contributed by atoms with Gasteiger partial charge in [0.05, 0.1) is 11.7 Å². The van der Waals surface area contributed by atoms with E-state index in [-0.39, 0.29) is 0 Å². The van der Waals surface area contributed by atoms with E-state index in [4.69, 9.17) is 5.10 Å². The van der Waals surface area contributed by atoms with Crippen molar-refractivity contribution in [3.8, 4) is 0 Å². The average molecular weight is 250 g/mol. The molecule has 18 heavy (non-hydrogen) atoms. The van der Waals surface area contributed by atoms with E-state index in [9.17, 15) is 0 Å². The van der Waals surface area contributed by atoms with Crippen LogP contribution in [0.5, 0.6) is 0 Å². The van der Waals surface area contributed by atoms with Gasteiger partial charge in [0.25, 0.3) is 0 Å². The highest BCUT2D eigenvalue weighted by Gasteiger charge is 2.16. The van der Waals surface area contributed by atoms with Crippen LogP contribution >= 0.6 is 0 Å². The van der Waals surface area contributed by atoms with Crippen molar-refractivity contribution in [2.24, 2.45) is 0 Å². The summed E-state index contributed by atoms with van der Waals surface area (Å²) in [6, 6.07) is 2.82. The Kier molecular flexibility index (Phi) is 5.20. The normalized spacial score (nSPS) is 17.5. The van der Waals surface area contributed by atoms with Crippen molar-refractivity contribution in [1.29, 1.82) is 0 Å². The molecule has 1 aromatic rings. The minimum atomic E-state index is 0.648. The van der Waals surface area contributed by atoms with E-state index in [1.165, 1.54) is 37.8 Å². The third-order valence-corrected chi connectivity index (χ3v) is 3.79. The van der Waals surface area contributed by atoms with Crippen molar-refractivity contribution in [2.75, 3.05) is 27.2 Å². The molecule has 1 fully saturated rings. The molecule has 0 aromatic carbocycles. The standard InChI is InChI=1S/C14H26N4/c1-15-9-11-17(2)12-13-8-10-18(16-13)14-6-4-3-5-7-14/h8,10,14-15H,3-7,9,11-12H2,1-2H3. The molecule has 2 rings (SSSR count). The Hall–Kier alpha value is -0.870. The van der Waals surface area contributed by atoms with Crippen LogP contribution in [0.4, 0.5) is 0 Å². The molecule has 1 heterocycles. The van der Waals surface area contributed by atoms with Crippen molar-refractivity contribution in [3.63, 3.8) is 0 Å². The summed E-state index contributed by atoms with van der Waals surface area (Å²) in [6.07, 6.45) is 8.89. The molecule has 1 N–H and O–H groups in total. The average Bonchev–Trinajstić information content (AvgIpc) is 2.86. The number of nitrogens with one attached hydrogen (secondary N) is 1. The maximum absolute atomic E-state index is 4.74. The minimum Gasteiger partial charge on any atom is -0.318 e. The third-order valence-electron chi connectivity index (χ3n) is 3.79. The lowest BCUT2D eigenvalue weighted by Gasteiger charge is -2.22. The number of rotatable bonds is 6. The van der Waals surface area contributed by atoms with Crippen molar-refractivity contribution in [1.82, 2.24) is 20.0 Å². The molecule has 0 bridgehead atoms. The van der Waals surface area contributed by atoms with Gasteiger partial charge >= 0.3 is 0 Å². The number of likely N-dealkylation sites (N-methyl/N-ethyl adjacent to an activating group) is 2. The van der Waals surface area contributed by atoms with Crippen LogP contribution < -0.4 is 5.32 Å². The summed E-state index contributed by atoms with van der Waals surface area (Å²) in [5, 5.41) is 7.91. The molecular formula is C14H26N4. The van der Waals surface area contributed by atoms with E-state index >= 15 is 0 Å². The van der Waals surface area contributed by atoms with Gasteiger partial charge in [-0.3, -0.25) is 9.58 Å². The van der Waals surface area contributed by atoms with Crippen LogP contribution in [0.1, 0.15) is 43.8 Å². The Balaban J connectivity index is 1.85. The maximum Gasteiger partial charge on any atom is 0.0764 e. The van der Waals surface area contributed by atoms with Gasteiger partial charge < -0.3 is 5.32 Å². The van der Waals surface area contributed by atoms with Crippen molar-refractivity contribution < 1.29 is 0 Å². The fourth-order valence-electron chi connectivity index (χ4n) is 2.67. The monoisotopic (exact) mass is 250 g/mol. The smallest absolute Gasteiger partial charge is 0.0764 e. The topological polar surface area (TPSA) is 33.1 Å². The lowest BCUT2D eigenvalue weighted by atomic mass is 9.96. The molecule has 0 unspecified atom stereocenters. The SMILES string of the molecule is CNCCN(C)Cc1ccn(C2CCCCC2)n1. The van der Waals surface area contributed by atoms with Crippen molar-refractivity contribution in [3.05, 3.63) is 18.0 Å². The van der Waals surface area contributed by atoms with Crippen LogP contribution in [0, 0.1) is 0 Å². The molecule has 1 saturated carbocycles. The zero-order valence-corrected chi connectivity index (χ0v) is 11.7. The molecule has 0 spiro atoms. The van der Waals surface area contributed by atoms with Crippen LogP contribution in [0.15, 0.2) is 12.3 Å². The Morgan fingerprint density at radius 3 is 2.89 bits per heavy atom. The van der Waals surface area contributed by atoms with Gasteiger partial charge in [0.15, 0.2) is 0 Å². The number of nitrogens with zero attached hydrogens (tertiary/aromatic N) is 3. The molecule has 1 aliphatic carbocycles. The van der Waals surface area contributed by atoms with E-state index in [1.807, 2.05) is 7.05 Å². The largest absolute Gasteiger partial charge is 0.318 e. The predicted molar refractivity (Wildman–Crippen MR) is 74.6 cm³/mol. The molecule has 1 aliphatic rings. The summed E-state index contributed by atoms with van der Waals surface area (Å²) < 4.78 is 2.19. The van der Waals surface area contributed by atoms with Gasteiger partial charge in [0.1, 0.15) is 0 Å². The van der Waals surface area contributed by atoms with Gasteiger partial charge in [0, 0.05) is 25.8 Å². The van der Waals surface area contributed by atoms with E-state index in [1.54, 1.807) is 0 Å². The lowest BCUT2D eigenvalue weighted by molar-refractivity contribution is 0.308. The molecule has 0 aliphatic heterocycles. The molecular weight excluding hydrogens is 224 g/mol. The quantitative estimate of drug-likeness (QED) is 0.839. The molecule has 0 radical (unpaired) electrons. The summed E-state index contributed by atoms with van der Waals surface area (Å²) in [5.74, 6) is 0. The highest BCUT2D eigenvalue weighted by molar-refractivity contribution is 4.99. The Bertz CT molecular complexity index is 341. The second-order valence-electron chi connectivity index (χ2n) is 5.42. The van der Waals surface area contributed by atoms with E-state index in [2.05, 4.69) is 34.2 Å². The van der Waals surface area contributed by atoms with E-state index in [0.29, 0.717) is 6.04 Å². The van der Waals surface area contributed by atoms with Crippen LogP contribution in [0.3, 0.4) is 0 Å². The molecule has 102 valence electrons. The van der Waals surface area contributed by atoms with Crippen molar-refractivity contribution in [2.45, 2.75) is 44.7 Å².